The van der Waals surface area contributed by atoms with Gasteiger partial charge in [-0.3, -0.25) is 0 Å². The Bertz CT molecular complexity index is 342. The molecular formula is C8H10BNO4. The third-order valence-corrected chi connectivity index (χ3v) is 1.59. The Hall–Kier alpha value is -1.69. The largest absolute Gasteiger partial charge is 0.508 e. The van der Waals surface area contributed by atoms with Crippen LogP contribution in [0.3, 0.4) is 0 Å². The van der Waals surface area contributed by atoms with E-state index in [1.165, 1.54) is 25.3 Å². The standard InChI is InChI=1S/C8H10BNO4/c1-14-9-10-6-2-5(8(12)13)3-7(11)4-6/h2-4,9-11H,1H3,(H,12,13). The van der Waals surface area contributed by atoms with Crippen LogP contribution in [-0.4, -0.2) is 30.9 Å². The second-order valence-electron chi connectivity index (χ2n) is 2.68. The van der Waals surface area contributed by atoms with Crippen molar-refractivity contribution >= 4 is 19.3 Å². The van der Waals surface area contributed by atoms with Gasteiger partial charge in [0.05, 0.1) is 5.56 Å². The smallest absolute Gasteiger partial charge is 0.393 e. The lowest BCUT2D eigenvalue weighted by molar-refractivity contribution is 0.0696. The highest BCUT2D eigenvalue weighted by atomic mass is 16.4. The molecule has 0 aliphatic rings. The molecule has 0 atom stereocenters. The number of anilines is 1. The van der Waals surface area contributed by atoms with E-state index >= 15 is 0 Å². The van der Waals surface area contributed by atoms with E-state index in [-0.39, 0.29) is 18.9 Å². The number of carbonyl (C=O) groups is 1. The molecular weight excluding hydrogens is 185 g/mol. The summed E-state index contributed by atoms with van der Waals surface area (Å²) in [5.41, 5.74) is 0.535. The summed E-state index contributed by atoms with van der Waals surface area (Å²) < 4.78 is 4.75. The third-order valence-electron chi connectivity index (χ3n) is 1.59. The van der Waals surface area contributed by atoms with Crippen LogP contribution in [0.4, 0.5) is 5.69 Å². The number of nitrogens with one attached hydrogen (secondary N) is 1. The average molecular weight is 195 g/mol. The molecule has 0 saturated heterocycles. The normalized spacial score (nSPS) is 9.50. The molecule has 0 aliphatic heterocycles. The molecule has 6 heteroatoms. The van der Waals surface area contributed by atoms with Gasteiger partial charge in [0.1, 0.15) is 5.75 Å². The third kappa shape index (κ3) is 2.67. The van der Waals surface area contributed by atoms with E-state index in [0.717, 1.165) is 0 Å². The lowest BCUT2D eigenvalue weighted by atomic mass is 10.1. The van der Waals surface area contributed by atoms with Crippen molar-refractivity contribution in [3.05, 3.63) is 23.8 Å². The lowest BCUT2D eigenvalue weighted by Crippen LogP contribution is -2.08. The predicted molar refractivity (Wildman–Crippen MR) is 52.8 cm³/mol. The molecule has 0 radical (unpaired) electrons. The van der Waals surface area contributed by atoms with Gasteiger partial charge in [0, 0.05) is 18.9 Å². The number of hydrogen-bond donors (Lipinski definition) is 3. The molecule has 74 valence electrons. The van der Waals surface area contributed by atoms with Crippen LogP contribution in [0.1, 0.15) is 10.4 Å². The van der Waals surface area contributed by atoms with Gasteiger partial charge in [-0.1, -0.05) is 0 Å². The summed E-state index contributed by atoms with van der Waals surface area (Å²) in [5.74, 6) is -1.18. The van der Waals surface area contributed by atoms with Gasteiger partial charge in [0.15, 0.2) is 0 Å². The molecule has 0 aliphatic carbocycles. The number of phenols is 1. The van der Waals surface area contributed by atoms with Gasteiger partial charge in [-0.2, -0.15) is 0 Å². The first-order valence-corrected chi connectivity index (χ1v) is 3.93. The summed E-state index contributed by atoms with van der Waals surface area (Å²) in [5, 5.41) is 20.7. The SMILES string of the molecule is COBNc1cc(O)cc(C(=O)O)c1. The van der Waals surface area contributed by atoms with Gasteiger partial charge in [0.2, 0.25) is 0 Å². The summed E-state index contributed by atoms with van der Waals surface area (Å²) in [6.07, 6.45) is 0. The molecule has 1 rings (SSSR count). The number of rotatable bonds is 4. The molecule has 5 nitrogen and oxygen atoms in total. The van der Waals surface area contributed by atoms with Crippen molar-refractivity contribution in [2.75, 3.05) is 12.3 Å². The topological polar surface area (TPSA) is 78.8 Å². The van der Waals surface area contributed by atoms with Gasteiger partial charge in [-0.05, 0) is 12.1 Å². The van der Waals surface area contributed by atoms with Crippen molar-refractivity contribution in [1.82, 2.24) is 0 Å². The van der Waals surface area contributed by atoms with Crippen molar-refractivity contribution < 1.29 is 19.7 Å². The highest BCUT2D eigenvalue weighted by Crippen LogP contribution is 2.19. The zero-order valence-electron chi connectivity index (χ0n) is 7.65. The molecule has 3 N–H and O–H groups in total. The first kappa shape index (κ1) is 10.4. The minimum Gasteiger partial charge on any atom is -0.508 e. The molecule has 0 fully saturated rings. The first-order valence-electron chi connectivity index (χ1n) is 3.93. The maximum Gasteiger partial charge on any atom is 0.393 e. The van der Waals surface area contributed by atoms with E-state index in [4.69, 9.17) is 9.76 Å². The van der Waals surface area contributed by atoms with Crippen LogP contribution in [0.15, 0.2) is 18.2 Å². The van der Waals surface area contributed by atoms with Crippen molar-refractivity contribution in [2.24, 2.45) is 0 Å². The highest BCUT2D eigenvalue weighted by molar-refractivity contribution is 6.32. The Balaban J connectivity index is 2.89. The predicted octanol–water partition coefficient (Wildman–Crippen LogP) is 0.415. The maximum absolute atomic E-state index is 10.6. The van der Waals surface area contributed by atoms with Crippen LogP contribution in [0.25, 0.3) is 0 Å². The first-order chi connectivity index (χ1) is 6.63. The fourth-order valence-corrected chi connectivity index (χ4v) is 0.992. The Labute approximate surface area is 81.6 Å². The number of carboxylic acids is 1. The molecule has 0 amide bonds. The van der Waals surface area contributed by atoms with E-state index in [2.05, 4.69) is 5.23 Å². The average Bonchev–Trinajstić information content (AvgIpc) is 2.14. The number of benzene rings is 1. The van der Waals surface area contributed by atoms with Crippen LogP contribution in [0, 0.1) is 0 Å². The van der Waals surface area contributed by atoms with Crippen LogP contribution in [0.2, 0.25) is 0 Å². The maximum atomic E-state index is 10.6. The Morgan fingerprint density at radius 1 is 1.50 bits per heavy atom. The molecule has 1 aromatic carbocycles. The minimum atomic E-state index is -1.08. The van der Waals surface area contributed by atoms with Crippen molar-refractivity contribution in [3.8, 4) is 5.75 Å². The molecule has 0 spiro atoms. The number of aromatic carboxylic acids is 1. The second kappa shape index (κ2) is 4.52. The summed E-state index contributed by atoms with van der Waals surface area (Å²) in [6, 6.07) is 4.02. The number of aromatic hydroxyl groups is 1. The van der Waals surface area contributed by atoms with Crippen molar-refractivity contribution in [1.29, 1.82) is 0 Å². The highest BCUT2D eigenvalue weighted by Gasteiger charge is 2.06. The zero-order chi connectivity index (χ0) is 10.6. The number of phenolic OH excluding ortho intramolecular Hbond substituents is 1. The number of hydrogen-bond acceptors (Lipinski definition) is 4. The molecule has 14 heavy (non-hydrogen) atoms. The molecule has 0 bridgehead atoms. The van der Waals surface area contributed by atoms with Crippen molar-refractivity contribution in [2.45, 2.75) is 0 Å². The molecule has 0 heterocycles. The van der Waals surface area contributed by atoms with E-state index in [1.807, 2.05) is 0 Å². The molecule has 1 aromatic rings. The molecule has 0 unspecified atom stereocenters. The van der Waals surface area contributed by atoms with E-state index in [1.54, 1.807) is 0 Å². The Kier molecular flexibility index (Phi) is 3.36. The summed E-state index contributed by atoms with van der Waals surface area (Å²) in [6.45, 7) is 0. The van der Waals surface area contributed by atoms with Gasteiger partial charge < -0.3 is 20.1 Å². The van der Waals surface area contributed by atoms with Gasteiger partial charge >= 0.3 is 13.6 Å². The van der Waals surface area contributed by atoms with E-state index in [0.29, 0.717) is 5.69 Å². The van der Waals surface area contributed by atoms with E-state index < -0.39 is 5.97 Å². The van der Waals surface area contributed by atoms with E-state index in [9.17, 15) is 9.90 Å². The number of carboxylic acid groups (broad SMARTS) is 1. The quantitative estimate of drug-likeness (QED) is 0.606. The summed E-state index contributed by atoms with van der Waals surface area (Å²) in [7, 11) is 1.76. The minimum absolute atomic E-state index is 0.0311. The molecule has 0 aromatic heterocycles. The van der Waals surface area contributed by atoms with Crippen molar-refractivity contribution in [3.63, 3.8) is 0 Å². The Morgan fingerprint density at radius 2 is 2.21 bits per heavy atom. The summed E-state index contributed by atoms with van der Waals surface area (Å²) >= 11 is 0. The fourth-order valence-electron chi connectivity index (χ4n) is 0.992. The Morgan fingerprint density at radius 3 is 2.79 bits per heavy atom. The van der Waals surface area contributed by atoms with Gasteiger partial charge in [0.25, 0.3) is 0 Å². The summed E-state index contributed by atoms with van der Waals surface area (Å²) in [4.78, 5) is 10.6. The second-order valence-corrected chi connectivity index (χ2v) is 2.68. The monoisotopic (exact) mass is 195 g/mol. The van der Waals surface area contributed by atoms with Gasteiger partial charge in [-0.25, -0.2) is 4.79 Å². The zero-order valence-corrected chi connectivity index (χ0v) is 7.65. The van der Waals surface area contributed by atoms with Crippen LogP contribution >= 0.6 is 0 Å². The fraction of sp³-hybridized carbons (Fsp3) is 0.125. The van der Waals surface area contributed by atoms with Crippen LogP contribution in [0.5, 0.6) is 5.75 Å². The molecule has 0 saturated carbocycles. The van der Waals surface area contributed by atoms with Gasteiger partial charge in [-0.15, -0.1) is 0 Å². The van der Waals surface area contributed by atoms with Crippen LogP contribution in [-0.2, 0) is 4.65 Å². The van der Waals surface area contributed by atoms with Crippen LogP contribution < -0.4 is 5.23 Å². The lowest BCUT2D eigenvalue weighted by Gasteiger charge is -2.05.